The van der Waals surface area contributed by atoms with E-state index in [1.165, 1.54) is 11.8 Å². The first kappa shape index (κ1) is 15.5. The van der Waals surface area contributed by atoms with Gasteiger partial charge in [0.05, 0.1) is 11.3 Å². The second kappa shape index (κ2) is 6.71. The number of amides is 1. The van der Waals surface area contributed by atoms with Gasteiger partial charge in [-0.2, -0.15) is 5.10 Å². The summed E-state index contributed by atoms with van der Waals surface area (Å²) < 4.78 is 1.94. The average molecular weight is 305 g/mol. The number of thioether (sulfide) groups is 1. The summed E-state index contributed by atoms with van der Waals surface area (Å²) in [5.74, 6) is -0.175. The molecule has 2 heterocycles. The molecule has 112 valence electrons. The molecule has 6 nitrogen and oxygen atoms in total. The molecule has 0 aliphatic heterocycles. The Morgan fingerprint density at radius 1 is 1.33 bits per heavy atom. The van der Waals surface area contributed by atoms with E-state index in [4.69, 9.17) is 0 Å². The molecular weight excluding hydrogens is 286 g/mol. The Morgan fingerprint density at radius 3 is 2.52 bits per heavy atom. The SMILES string of the molecule is CCn1nc(C)c(CNC(=O)c2cnc(SC)nc2)c1C. The number of nitrogens with one attached hydrogen (secondary N) is 1. The van der Waals surface area contributed by atoms with Crippen LogP contribution in [0.2, 0.25) is 0 Å². The first-order valence-corrected chi connectivity index (χ1v) is 7.96. The number of hydrogen-bond acceptors (Lipinski definition) is 5. The summed E-state index contributed by atoms with van der Waals surface area (Å²) in [4.78, 5) is 20.3. The maximum absolute atomic E-state index is 12.1. The van der Waals surface area contributed by atoms with Crippen LogP contribution in [0, 0.1) is 13.8 Å². The number of aryl methyl sites for hydroxylation is 2. The van der Waals surface area contributed by atoms with Crippen LogP contribution < -0.4 is 5.32 Å². The molecule has 0 spiro atoms. The lowest BCUT2D eigenvalue weighted by Crippen LogP contribution is -2.23. The van der Waals surface area contributed by atoms with Crippen molar-refractivity contribution in [1.29, 1.82) is 0 Å². The van der Waals surface area contributed by atoms with Gasteiger partial charge in [0.25, 0.3) is 5.91 Å². The Labute approximate surface area is 128 Å². The molecule has 2 aromatic heterocycles. The molecule has 0 saturated heterocycles. The molecule has 21 heavy (non-hydrogen) atoms. The number of nitrogens with zero attached hydrogens (tertiary/aromatic N) is 4. The van der Waals surface area contributed by atoms with E-state index in [2.05, 4.69) is 20.4 Å². The molecule has 0 atom stereocenters. The van der Waals surface area contributed by atoms with Crippen LogP contribution in [0.4, 0.5) is 0 Å². The molecule has 0 unspecified atom stereocenters. The zero-order valence-corrected chi connectivity index (χ0v) is 13.5. The van der Waals surface area contributed by atoms with E-state index in [1.54, 1.807) is 12.4 Å². The van der Waals surface area contributed by atoms with Crippen molar-refractivity contribution in [3.63, 3.8) is 0 Å². The Kier molecular flexibility index (Phi) is 4.95. The van der Waals surface area contributed by atoms with Crippen molar-refractivity contribution >= 4 is 17.7 Å². The molecule has 0 aromatic carbocycles. The molecule has 7 heteroatoms. The molecule has 1 amide bonds. The van der Waals surface area contributed by atoms with Gasteiger partial charge in [0.1, 0.15) is 0 Å². The van der Waals surface area contributed by atoms with Crippen LogP contribution in [-0.2, 0) is 13.1 Å². The van der Waals surface area contributed by atoms with Crippen molar-refractivity contribution in [2.45, 2.75) is 39.0 Å². The molecule has 0 aliphatic rings. The highest BCUT2D eigenvalue weighted by Crippen LogP contribution is 2.13. The van der Waals surface area contributed by atoms with Crippen LogP contribution in [0.25, 0.3) is 0 Å². The van der Waals surface area contributed by atoms with Gasteiger partial charge in [-0.1, -0.05) is 11.8 Å². The molecule has 0 radical (unpaired) electrons. The first-order valence-electron chi connectivity index (χ1n) is 6.74. The lowest BCUT2D eigenvalue weighted by atomic mass is 10.2. The minimum atomic E-state index is -0.175. The van der Waals surface area contributed by atoms with E-state index in [1.807, 2.05) is 31.7 Å². The van der Waals surface area contributed by atoms with E-state index >= 15 is 0 Å². The summed E-state index contributed by atoms with van der Waals surface area (Å²) in [6, 6.07) is 0. The monoisotopic (exact) mass is 305 g/mol. The van der Waals surface area contributed by atoms with E-state index in [0.29, 0.717) is 17.3 Å². The van der Waals surface area contributed by atoms with E-state index in [9.17, 15) is 4.79 Å². The molecule has 2 aromatic rings. The first-order chi connectivity index (χ1) is 10.1. The van der Waals surface area contributed by atoms with Gasteiger partial charge < -0.3 is 5.32 Å². The van der Waals surface area contributed by atoms with Crippen molar-refractivity contribution in [2.75, 3.05) is 6.26 Å². The summed E-state index contributed by atoms with van der Waals surface area (Å²) in [6.07, 6.45) is 4.98. The Hall–Kier alpha value is -1.89. The van der Waals surface area contributed by atoms with Gasteiger partial charge in [0, 0.05) is 36.7 Å². The van der Waals surface area contributed by atoms with Crippen molar-refractivity contribution in [2.24, 2.45) is 0 Å². The van der Waals surface area contributed by atoms with Crippen LogP contribution in [0.15, 0.2) is 17.6 Å². The predicted octanol–water partition coefficient (Wildman–Crippen LogP) is 1.96. The zero-order chi connectivity index (χ0) is 15.4. The summed E-state index contributed by atoms with van der Waals surface area (Å²) >= 11 is 1.44. The van der Waals surface area contributed by atoms with Crippen LogP contribution in [0.5, 0.6) is 0 Å². The van der Waals surface area contributed by atoms with Gasteiger partial charge in [-0.15, -0.1) is 0 Å². The maximum Gasteiger partial charge on any atom is 0.254 e. The lowest BCUT2D eigenvalue weighted by Gasteiger charge is -2.06. The van der Waals surface area contributed by atoms with Gasteiger partial charge >= 0.3 is 0 Å². The van der Waals surface area contributed by atoms with E-state index in [0.717, 1.165) is 23.5 Å². The summed E-state index contributed by atoms with van der Waals surface area (Å²) in [5, 5.41) is 7.99. The second-order valence-corrected chi connectivity index (χ2v) is 5.38. The van der Waals surface area contributed by atoms with E-state index < -0.39 is 0 Å². The quantitative estimate of drug-likeness (QED) is 0.675. The van der Waals surface area contributed by atoms with Gasteiger partial charge in [-0.3, -0.25) is 9.48 Å². The zero-order valence-electron chi connectivity index (χ0n) is 12.7. The predicted molar refractivity (Wildman–Crippen MR) is 82.4 cm³/mol. The second-order valence-electron chi connectivity index (χ2n) is 4.61. The Bertz CT molecular complexity index is 636. The lowest BCUT2D eigenvalue weighted by molar-refractivity contribution is 0.0950. The summed E-state index contributed by atoms with van der Waals surface area (Å²) in [7, 11) is 0. The minimum Gasteiger partial charge on any atom is -0.348 e. The normalized spacial score (nSPS) is 10.7. The highest BCUT2D eigenvalue weighted by molar-refractivity contribution is 7.98. The highest BCUT2D eigenvalue weighted by atomic mass is 32.2. The fourth-order valence-electron chi connectivity index (χ4n) is 2.11. The highest BCUT2D eigenvalue weighted by Gasteiger charge is 2.13. The van der Waals surface area contributed by atoms with Gasteiger partial charge in [0.2, 0.25) is 0 Å². The number of hydrogen-bond donors (Lipinski definition) is 1. The number of carbonyl (C=O) groups excluding carboxylic acids is 1. The van der Waals surface area contributed by atoms with Crippen molar-refractivity contribution in [1.82, 2.24) is 25.1 Å². The van der Waals surface area contributed by atoms with Crippen molar-refractivity contribution < 1.29 is 4.79 Å². The van der Waals surface area contributed by atoms with Crippen LogP contribution >= 0.6 is 11.8 Å². The standard InChI is InChI=1S/C14H19N5OS/c1-5-19-10(3)12(9(2)18-19)8-15-13(20)11-6-16-14(21-4)17-7-11/h6-7H,5,8H2,1-4H3,(H,15,20). The van der Waals surface area contributed by atoms with Gasteiger partial charge in [-0.05, 0) is 27.0 Å². The smallest absolute Gasteiger partial charge is 0.254 e. The van der Waals surface area contributed by atoms with Crippen LogP contribution in [0.1, 0.15) is 34.2 Å². The van der Waals surface area contributed by atoms with Crippen molar-refractivity contribution in [3.05, 3.63) is 34.9 Å². The Balaban J connectivity index is 2.05. The van der Waals surface area contributed by atoms with Gasteiger partial charge in [-0.25, -0.2) is 9.97 Å². The van der Waals surface area contributed by atoms with Crippen LogP contribution in [-0.4, -0.2) is 31.9 Å². The summed E-state index contributed by atoms with van der Waals surface area (Å²) in [6.45, 7) is 7.30. The largest absolute Gasteiger partial charge is 0.348 e. The third-order valence-corrected chi connectivity index (χ3v) is 3.91. The van der Waals surface area contributed by atoms with Gasteiger partial charge in [0.15, 0.2) is 5.16 Å². The third-order valence-electron chi connectivity index (χ3n) is 3.33. The molecule has 0 fully saturated rings. The number of aromatic nitrogens is 4. The maximum atomic E-state index is 12.1. The minimum absolute atomic E-state index is 0.175. The van der Waals surface area contributed by atoms with Crippen LogP contribution in [0.3, 0.4) is 0 Å². The molecule has 0 bridgehead atoms. The fourth-order valence-corrected chi connectivity index (χ4v) is 2.42. The topological polar surface area (TPSA) is 72.7 Å². The van der Waals surface area contributed by atoms with Crippen molar-refractivity contribution in [3.8, 4) is 0 Å². The van der Waals surface area contributed by atoms with E-state index in [-0.39, 0.29) is 5.91 Å². The number of carbonyl (C=O) groups is 1. The number of rotatable bonds is 5. The molecule has 0 aliphatic carbocycles. The molecule has 2 rings (SSSR count). The molecule has 1 N–H and O–H groups in total. The molecular formula is C14H19N5OS. The fraction of sp³-hybridized carbons (Fsp3) is 0.429. The molecule has 0 saturated carbocycles. The third kappa shape index (κ3) is 3.41. The Morgan fingerprint density at radius 2 is 2.00 bits per heavy atom. The average Bonchev–Trinajstić information content (AvgIpc) is 2.79. The summed E-state index contributed by atoms with van der Waals surface area (Å²) in [5.41, 5.74) is 3.56.